The number of rotatable bonds is 7. The Hall–Kier alpha value is -3.01. The fourth-order valence-electron chi connectivity index (χ4n) is 5.18. The predicted molar refractivity (Wildman–Crippen MR) is 125 cm³/mol. The molecule has 0 N–H and O–H groups in total. The van der Waals surface area contributed by atoms with Crippen molar-refractivity contribution in [3.8, 4) is 11.8 Å². The minimum atomic E-state index is -0.501. The lowest BCUT2D eigenvalue weighted by molar-refractivity contribution is -0.0736. The highest BCUT2D eigenvalue weighted by Crippen LogP contribution is 2.39. The monoisotopic (exact) mass is 462 g/mol. The molecular formula is C28H28F2N2O2. The molecule has 176 valence electrons. The van der Waals surface area contributed by atoms with Crippen molar-refractivity contribution in [3.05, 3.63) is 88.5 Å². The Labute approximate surface area is 199 Å². The standard InChI is InChI=1S/C28H28F2N2O2/c29-26-12-20(16-31)4-5-21(26)18-34-24-13-22-17-32(10-6-25(22)27(30)14-24)19-28(8-2-1-3-9-28)15-23-7-11-33-23/h1-5,8,12-14,23H,6-7,9-11,15,17-19H2. The van der Waals surface area contributed by atoms with Crippen LogP contribution in [0, 0.1) is 28.4 Å². The zero-order chi connectivity index (χ0) is 23.5. The highest BCUT2D eigenvalue weighted by atomic mass is 19.1. The van der Waals surface area contributed by atoms with Gasteiger partial charge in [-0.15, -0.1) is 0 Å². The van der Waals surface area contributed by atoms with Crippen LogP contribution in [-0.2, 0) is 24.3 Å². The van der Waals surface area contributed by atoms with Gasteiger partial charge in [0.15, 0.2) is 0 Å². The molecule has 2 aliphatic heterocycles. The van der Waals surface area contributed by atoms with Crippen molar-refractivity contribution < 1.29 is 18.3 Å². The summed E-state index contributed by atoms with van der Waals surface area (Å²) < 4.78 is 40.6. The quantitative estimate of drug-likeness (QED) is 0.549. The number of ether oxygens (including phenoxy) is 2. The van der Waals surface area contributed by atoms with Gasteiger partial charge in [-0.1, -0.05) is 30.4 Å². The van der Waals surface area contributed by atoms with Crippen LogP contribution >= 0.6 is 0 Å². The van der Waals surface area contributed by atoms with E-state index in [9.17, 15) is 8.78 Å². The van der Waals surface area contributed by atoms with Crippen LogP contribution in [0.15, 0.2) is 54.6 Å². The fourth-order valence-corrected chi connectivity index (χ4v) is 5.18. The zero-order valence-electron chi connectivity index (χ0n) is 19.1. The first-order valence-corrected chi connectivity index (χ1v) is 11.8. The summed E-state index contributed by atoms with van der Waals surface area (Å²) in [6.45, 7) is 3.19. The lowest BCUT2D eigenvalue weighted by Gasteiger charge is -2.42. The van der Waals surface area contributed by atoms with Crippen LogP contribution in [0.2, 0.25) is 0 Å². The topological polar surface area (TPSA) is 45.5 Å². The van der Waals surface area contributed by atoms with Gasteiger partial charge in [-0.3, -0.25) is 4.90 Å². The number of allylic oxidation sites excluding steroid dienone is 3. The van der Waals surface area contributed by atoms with Crippen LogP contribution in [0.3, 0.4) is 0 Å². The van der Waals surface area contributed by atoms with Gasteiger partial charge in [-0.2, -0.15) is 5.26 Å². The number of hydrogen-bond acceptors (Lipinski definition) is 4. The van der Waals surface area contributed by atoms with E-state index in [-0.39, 0.29) is 23.4 Å². The Balaban J connectivity index is 1.28. The van der Waals surface area contributed by atoms with Gasteiger partial charge in [0.05, 0.1) is 17.7 Å². The number of fused-ring (bicyclic) bond motifs is 1. The molecule has 5 rings (SSSR count). The smallest absolute Gasteiger partial charge is 0.131 e. The van der Waals surface area contributed by atoms with E-state index in [2.05, 4.69) is 29.2 Å². The van der Waals surface area contributed by atoms with E-state index in [0.717, 1.165) is 50.1 Å². The van der Waals surface area contributed by atoms with Gasteiger partial charge in [-0.25, -0.2) is 8.78 Å². The summed E-state index contributed by atoms with van der Waals surface area (Å²) in [5.74, 6) is -0.385. The third-order valence-corrected chi connectivity index (χ3v) is 7.10. The largest absolute Gasteiger partial charge is 0.489 e. The summed E-state index contributed by atoms with van der Waals surface area (Å²) in [5.41, 5.74) is 2.29. The van der Waals surface area contributed by atoms with Crippen molar-refractivity contribution in [3.63, 3.8) is 0 Å². The molecule has 2 unspecified atom stereocenters. The summed E-state index contributed by atoms with van der Waals surface area (Å²) in [7, 11) is 0. The van der Waals surface area contributed by atoms with Crippen LogP contribution < -0.4 is 4.74 Å². The summed E-state index contributed by atoms with van der Waals surface area (Å²) in [6.07, 6.45) is 12.9. The van der Waals surface area contributed by atoms with Crippen LogP contribution in [-0.4, -0.2) is 30.7 Å². The van der Waals surface area contributed by atoms with Crippen molar-refractivity contribution in [1.82, 2.24) is 4.90 Å². The normalized spacial score (nSPS) is 23.7. The van der Waals surface area contributed by atoms with E-state index in [1.165, 1.54) is 18.2 Å². The number of benzene rings is 2. The highest BCUT2D eigenvalue weighted by Gasteiger charge is 2.36. The molecular weight excluding hydrogens is 434 g/mol. The van der Waals surface area contributed by atoms with Crippen LogP contribution in [0.4, 0.5) is 8.78 Å². The molecule has 2 aromatic rings. The highest BCUT2D eigenvalue weighted by molar-refractivity contribution is 5.39. The van der Waals surface area contributed by atoms with Crippen molar-refractivity contribution in [1.29, 1.82) is 5.26 Å². The van der Waals surface area contributed by atoms with Gasteiger partial charge in [0.1, 0.15) is 24.0 Å². The summed E-state index contributed by atoms with van der Waals surface area (Å²) in [5, 5.41) is 8.90. The van der Waals surface area contributed by atoms with Gasteiger partial charge in [0.2, 0.25) is 0 Å². The SMILES string of the molecule is N#Cc1ccc(COc2cc(F)c3c(c2)CN(CC2(CC4CCO4)C=CC=CC2)CC3)c(F)c1. The predicted octanol–water partition coefficient (Wildman–Crippen LogP) is 5.46. The molecule has 2 atom stereocenters. The first kappa shape index (κ1) is 22.8. The van der Waals surface area contributed by atoms with Gasteiger partial charge in [0.25, 0.3) is 0 Å². The first-order chi connectivity index (χ1) is 16.5. The number of nitriles is 1. The van der Waals surface area contributed by atoms with Crippen LogP contribution in [0.25, 0.3) is 0 Å². The van der Waals surface area contributed by atoms with E-state index in [0.29, 0.717) is 30.4 Å². The third-order valence-electron chi connectivity index (χ3n) is 7.10. The van der Waals surface area contributed by atoms with E-state index in [1.54, 1.807) is 6.07 Å². The van der Waals surface area contributed by atoms with E-state index in [1.807, 2.05) is 12.1 Å². The van der Waals surface area contributed by atoms with Crippen molar-refractivity contribution in [2.45, 2.75) is 44.9 Å². The minimum Gasteiger partial charge on any atom is -0.489 e. The molecule has 1 fully saturated rings. The van der Waals surface area contributed by atoms with E-state index < -0.39 is 5.82 Å². The van der Waals surface area contributed by atoms with Gasteiger partial charge < -0.3 is 9.47 Å². The molecule has 0 aromatic heterocycles. The maximum atomic E-state index is 14.9. The molecule has 0 spiro atoms. The molecule has 1 saturated heterocycles. The zero-order valence-corrected chi connectivity index (χ0v) is 19.1. The molecule has 0 amide bonds. The van der Waals surface area contributed by atoms with Gasteiger partial charge in [-0.05, 0) is 55.0 Å². The molecule has 6 heteroatoms. The Bertz CT molecular complexity index is 1170. The molecule has 1 aliphatic carbocycles. The molecule has 2 heterocycles. The number of hydrogen-bond donors (Lipinski definition) is 0. The second-order valence-corrected chi connectivity index (χ2v) is 9.55. The maximum absolute atomic E-state index is 14.9. The molecule has 0 bridgehead atoms. The second kappa shape index (κ2) is 9.69. The Morgan fingerprint density at radius 2 is 2.06 bits per heavy atom. The van der Waals surface area contributed by atoms with Gasteiger partial charge in [0, 0.05) is 43.3 Å². The van der Waals surface area contributed by atoms with Crippen molar-refractivity contribution in [2.24, 2.45) is 5.41 Å². The molecule has 4 nitrogen and oxygen atoms in total. The van der Waals surface area contributed by atoms with Crippen molar-refractivity contribution >= 4 is 0 Å². The first-order valence-electron chi connectivity index (χ1n) is 11.8. The fraction of sp³-hybridized carbons (Fsp3) is 0.393. The Kier molecular flexibility index (Phi) is 6.49. The summed E-state index contributed by atoms with van der Waals surface area (Å²) >= 11 is 0. The number of halogens is 2. The summed E-state index contributed by atoms with van der Waals surface area (Å²) in [4.78, 5) is 2.40. The average molecular weight is 463 g/mol. The Morgan fingerprint density at radius 3 is 2.76 bits per heavy atom. The van der Waals surface area contributed by atoms with E-state index in [4.69, 9.17) is 14.7 Å². The van der Waals surface area contributed by atoms with Crippen molar-refractivity contribution in [2.75, 3.05) is 19.7 Å². The van der Waals surface area contributed by atoms with E-state index >= 15 is 0 Å². The number of nitrogens with zero attached hydrogens (tertiary/aromatic N) is 2. The average Bonchev–Trinajstić information content (AvgIpc) is 2.81. The summed E-state index contributed by atoms with van der Waals surface area (Å²) in [6, 6.07) is 9.44. The molecule has 0 radical (unpaired) electrons. The van der Waals surface area contributed by atoms with Crippen LogP contribution in [0.5, 0.6) is 5.75 Å². The third kappa shape index (κ3) is 4.91. The lowest BCUT2D eigenvalue weighted by Crippen LogP contribution is -2.43. The molecule has 3 aliphatic rings. The molecule has 0 saturated carbocycles. The second-order valence-electron chi connectivity index (χ2n) is 9.55. The molecule has 34 heavy (non-hydrogen) atoms. The minimum absolute atomic E-state index is 0.0267. The molecule has 2 aromatic carbocycles. The van der Waals surface area contributed by atoms with Crippen LogP contribution in [0.1, 0.15) is 41.5 Å². The maximum Gasteiger partial charge on any atom is 0.131 e. The van der Waals surface area contributed by atoms with Gasteiger partial charge >= 0.3 is 0 Å². The Morgan fingerprint density at radius 1 is 1.18 bits per heavy atom. The lowest BCUT2D eigenvalue weighted by atomic mass is 9.75.